The van der Waals surface area contributed by atoms with Gasteiger partial charge in [-0.05, 0) is 49.5 Å². The van der Waals surface area contributed by atoms with Crippen LogP contribution < -0.4 is 0 Å². The Hall–Kier alpha value is -0.850. The Kier molecular flexibility index (Phi) is 2.57. The molecule has 0 aromatic rings. The van der Waals surface area contributed by atoms with E-state index in [0.717, 1.165) is 24.8 Å². The summed E-state index contributed by atoms with van der Waals surface area (Å²) in [5, 5.41) is 0. The lowest BCUT2D eigenvalue weighted by Crippen LogP contribution is -2.33. The van der Waals surface area contributed by atoms with Gasteiger partial charge in [0.25, 0.3) is 0 Å². The second kappa shape index (κ2) is 3.62. The molecule has 1 fully saturated rings. The Morgan fingerprint density at radius 3 is 2.87 bits per heavy atom. The second-order valence-corrected chi connectivity index (χ2v) is 5.33. The Labute approximate surface area is 92.3 Å². The van der Waals surface area contributed by atoms with Crippen molar-refractivity contribution in [3.05, 3.63) is 23.8 Å². The first-order valence-electron chi connectivity index (χ1n) is 5.93. The Morgan fingerprint density at radius 1 is 1.47 bits per heavy atom. The maximum absolute atomic E-state index is 11.7. The Balaban J connectivity index is 2.34. The molecule has 0 unspecified atom stereocenters. The number of carbonyl (C=O) groups is 1. The van der Waals surface area contributed by atoms with Gasteiger partial charge in [0.05, 0.1) is 0 Å². The highest BCUT2D eigenvalue weighted by molar-refractivity contribution is 5.96. The lowest BCUT2D eigenvalue weighted by Gasteiger charge is -2.43. The van der Waals surface area contributed by atoms with Gasteiger partial charge in [-0.25, -0.2) is 0 Å². The lowest BCUT2D eigenvalue weighted by atomic mass is 9.61. The quantitative estimate of drug-likeness (QED) is 0.596. The molecule has 2 rings (SSSR count). The number of hydrogen-bond acceptors (Lipinski definition) is 1. The molecule has 2 atom stereocenters. The van der Waals surface area contributed by atoms with Crippen LogP contribution in [0.3, 0.4) is 0 Å². The Morgan fingerprint density at radius 2 is 2.20 bits per heavy atom. The van der Waals surface area contributed by atoms with Crippen LogP contribution in [-0.2, 0) is 4.79 Å². The highest BCUT2D eigenvalue weighted by Crippen LogP contribution is 2.50. The van der Waals surface area contributed by atoms with E-state index in [1.807, 2.05) is 6.92 Å². The minimum Gasteiger partial charge on any atom is -0.295 e. The van der Waals surface area contributed by atoms with Gasteiger partial charge >= 0.3 is 0 Å². The molecule has 0 aromatic carbocycles. The van der Waals surface area contributed by atoms with Crippen LogP contribution >= 0.6 is 0 Å². The zero-order chi connectivity index (χ0) is 11.1. The van der Waals surface area contributed by atoms with Crippen molar-refractivity contribution in [2.75, 3.05) is 0 Å². The summed E-state index contributed by atoms with van der Waals surface area (Å²) in [5.74, 6) is 1.03. The highest BCUT2D eigenvalue weighted by atomic mass is 16.1. The topological polar surface area (TPSA) is 17.1 Å². The molecule has 1 nitrogen and oxygen atoms in total. The van der Waals surface area contributed by atoms with Gasteiger partial charge in [-0.1, -0.05) is 18.6 Å². The first kappa shape index (κ1) is 10.7. The first-order valence-corrected chi connectivity index (χ1v) is 5.93. The molecule has 0 bridgehead atoms. The van der Waals surface area contributed by atoms with Crippen LogP contribution in [0.15, 0.2) is 23.8 Å². The number of Topliss-reactive ketones (excluding diaryl/α,β-unsaturated/α-hetero) is 1. The molecule has 0 spiro atoms. The maximum Gasteiger partial charge on any atom is 0.158 e. The minimum absolute atomic E-state index is 0.287. The van der Waals surface area contributed by atoms with Gasteiger partial charge in [-0.3, -0.25) is 4.79 Å². The van der Waals surface area contributed by atoms with Crippen LogP contribution in [0.5, 0.6) is 0 Å². The SMILES string of the molecule is C=C[C@@H]1CCC2=C(C)C(=O)CC[C@]2(C)C1. The van der Waals surface area contributed by atoms with Crippen molar-refractivity contribution >= 4 is 5.78 Å². The van der Waals surface area contributed by atoms with E-state index in [1.54, 1.807) is 0 Å². The van der Waals surface area contributed by atoms with Gasteiger partial charge in [-0.2, -0.15) is 0 Å². The fraction of sp³-hybridized carbons (Fsp3) is 0.643. The monoisotopic (exact) mass is 204 g/mol. The number of carbonyl (C=O) groups excluding carboxylic acids is 1. The summed E-state index contributed by atoms with van der Waals surface area (Å²) in [6, 6.07) is 0. The minimum atomic E-state index is 0.287. The molecule has 82 valence electrons. The van der Waals surface area contributed by atoms with Crippen LogP contribution in [0.1, 0.15) is 46.0 Å². The van der Waals surface area contributed by atoms with Gasteiger partial charge < -0.3 is 0 Å². The fourth-order valence-corrected chi connectivity index (χ4v) is 3.27. The zero-order valence-corrected chi connectivity index (χ0v) is 9.81. The standard InChI is InChI=1S/C14H20O/c1-4-11-5-6-12-10(2)13(15)7-8-14(12,3)9-11/h4,11H,1,5-9H2,2-3H3/t11-,14-/m1/s1. The third kappa shape index (κ3) is 1.68. The van der Waals surface area contributed by atoms with Gasteiger partial charge in [0.1, 0.15) is 0 Å². The molecule has 2 aliphatic rings. The van der Waals surface area contributed by atoms with Crippen molar-refractivity contribution in [3.8, 4) is 0 Å². The fourth-order valence-electron chi connectivity index (χ4n) is 3.27. The average molecular weight is 204 g/mol. The first-order chi connectivity index (χ1) is 7.07. The van der Waals surface area contributed by atoms with E-state index in [-0.39, 0.29) is 5.41 Å². The van der Waals surface area contributed by atoms with Crippen LogP contribution in [0.25, 0.3) is 0 Å². The van der Waals surface area contributed by atoms with E-state index in [2.05, 4.69) is 19.6 Å². The molecule has 0 saturated heterocycles. The molecular formula is C14H20O. The van der Waals surface area contributed by atoms with Crippen LogP contribution in [0.4, 0.5) is 0 Å². The maximum atomic E-state index is 11.7. The van der Waals surface area contributed by atoms with Crippen LogP contribution in [-0.4, -0.2) is 5.78 Å². The van der Waals surface area contributed by atoms with E-state index in [0.29, 0.717) is 11.7 Å². The summed E-state index contributed by atoms with van der Waals surface area (Å²) in [5.41, 5.74) is 2.79. The van der Waals surface area contributed by atoms with E-state index in [1.165, 1.54) is 18.4 Å². The molecule has 1 saturated carbocycles. The zero-order valence-electron chi connectivity index (χ0n) is 9.81. The summed E-state index contributed by atoms with van der Waals surface area (Å²) in [6.45, 7) is 8.25. The predicted octanol–water partition coefficient (Wildman–Crippen LogP) is 3.66. The molecule has 0 radical (unpaired) electrons. The molecule has 0 aliphatic heterocycles. The lowest BCUT2D eigenvalue weighted by molar-refractivity contribution is -0.117. The van der Waals surface area contributed by atoms with Gasteiger partial charge in [0, 0.05) is 6.42 Å². The van der Waals surface area contributed by atoms with E-state index < -0.39 is 0 Å². The number of ketones is 1. The van der Waals surface area contributed by atoms with Gasteiger partial charge in [0.15, 0.2) is 5.78 Å². The van der Waals surface area contributed by atoms with Crippen molar-refractivity contribution in [2.45, 2.75) is 46.0 Å². The van der Waals surface area contributed by atoms with Crippen molar-refractivity contribution in [1.82, 2.24) is 0 Å². The smallest absolute Gasteiger partial charge is 0.158 e. The van der Waals surface area contributed by atoms with Crippen molar-refractivity contribution in [2.24, 2.45) is 11.3 Å². The number of fused-ring (bicyclic) bond motifs is 1. The molecule has 0 amide bonds. The normalized spacial score (nSPS) is 36.4. The summed E-state index contributed by atoms with van der Waals surface area (Å²) in [7, 11) is 0. The Bertz CT molecular complexity index is 337. The van der Waals surface area contributed by atoms with Gasteiger partial charge in [0.2, 0.25) is 0 Å². The molecule has 0 aromatic heterocycles. The largest absolute Gasteiger partial charge is 0.295 e. The van der Waals surface area contributed by atoms with E-state index in [9.17, 15) is 4.79 Å². The second-order valence-electron chi connectivity index (χ2n) is 5.33. The average Bonchev–Trinajstić information content (AvgIpc) is 2.23. The summed E-state index contributed by atoms with van der Waals surface area (Å²) in [4.78, 5) is 11.7. The number of allylic oxidation sites excluding steroid dienone is 3. The third-order valence-electron chi connectivity index (χ3n) is 4.31. The summed E-state index contributed by atoms with van der Waals surface area (Å²) in [6.07, 6.45) is 7.35. The predicted molar refractivity (Wildman–Crippen MR) is 62.6 cm³/mol. The van der Waals surface area contributed by atoms with E-state index >= 15 is 0 Å². The number of hydrogen-bond donors (Lipinski definition) is 0. The van der Waals surface area contributed by atoms with Crippen LogP contribution in [0.2, 0.25) is 0 Å². The van der Waals surface area contributed by atoms with E-state index in [4.69, 9.17) is 0 Å². The molecule has 0 N–H and O–H groups in total. The van der Waals surface area contributed by atoms with Crippen LogP contribution in [0, 0.1) is 11.3 Å². The van der Waals surface area contributed by atoms with Gasteiger partial charge in [-0.15, -0.1) is 6.58 Å². The highest BCUT2D eigenvalue weighted by Gasteiger charge is 2.39. The van der Waals surface area contributed by atoms with Crippen molar-refractivity contribution < 1.29 is 4.79 Å². The number of rotatable bonds is 1. The summed E-state index contributed by atoms with van der Waals surface area (Å²) >= 11 is 0. The third-order valence-corrected chi connectivity index (χ3v) is 4.31. The van der Waals surface area contributed by atoms with Crippen molar-refractivity contribution in [3.63, 3.8) is 0 Å². The molecule has 15 heavy (non-hydrogen) atoms. The molecule has 2 aliphatic carbocycles. The molecule has 1 heteroatoms. The molecular weight excluding hydrogens is 184 g/mol. The molecule has 0 heterocycles. The summed E-state index contributed by atoms with van der Waals surface area (Å²) < 4.78 is 0. The van der Waals surface area contributed by atoms with Crippen molar-refractivity contribution in [1.29, 1.82) is 0 Å².